The maximum Gasteiger partial charge on any atom is 0.0638 e. The van der Waals surface area contributed by atoms with Crippen molar-refractivity contribution in [3.63, 3.8) is 0 Å². The molecule has 0 radical (unpaired) electrons. The van der Waals surface area contributed by atoms with Crippen LogP contribution in [0.15, 0.2) is 6.20 Å². The van der Waals surface area contributed by atoms with Crippen LogP contribution in [0.3, 0.4) is 0 Å². The van der Waals surface area contributed by atoms with Crippen molar-refractivity contribution in [3.8, 4) is 0 Å². The molecule has 2 unspecified atom stereocenters. The summed E-state index contributed by atoms with van der Waals surface area (Å²) >= 11 is 0. The minimum Gasteiger partial charge on any atom is -0.310 e. The lowest BCUT2D eigenvalue weighted by atomic mass is 9.84. The van der Waals surface area contributed by atoms with Gasteiger partial charge in [-0.05, 0) is 38.5 Å². The van der Waals surface area contributed by atoms with Crippen molar-refractivity contribution in [1.29, 1.82) is 0 Å². The lowest BCUT2D eigenvalue weighted by Gasteiger charge is -2.28. The maximum atomic E-state index is 4.78. The molecular formula is C16H27N3. The van der Waals surface area contributed by atoms with E-state index in [0.29, 0.717) is 6.04 Å². The summed E-state index contributed by atoms with van der Waals surface area (Å²) in [5, 5.41) is 8.37. The number of nitrogens with zero attached hydrogens (tertiary/aromatic N) is 2. The molecule has 0 aromatic carbocycles. The van der Waals surface area contributed by atoms with E-state index < -0.39 is 0 Å². The fraction of sp³-hybridized carbons (Fsp3) is 0.812. The van der Waals surface area contributed by atoms with Gasteiger partial charge in [-0.25, -0.2) is 0 Å². The molecule has 19 heavy (non-hydrogen) atoms. The van der Waals surface area contributed by atoms with Gasteiger partial charge in [0.25, 0.3) is 0 Å². The lowest BCUT2D eigenvalue weighted by Crippen LogP contribution is -2.19. The lowest BCUT2D eigenvalue weighted by molar-refractivity contribution is 0.247. The number of aromatic nitrogens is 2. The number of hydrogen-bond acceptors (Lipinski definition) is 2. The van der Waals surface area contributed by atoms with Gasteiger partial charge in [0, 0.05) is 24.3 Å². The first-order valence-corrected chi connectivity index (χ1v) is 8.04. The zero-order valence-electron chi connectivity index (χ0n) is 12.4. The molecule has 1 heterocycles. The molecule has 0 bridgehead atoms. The Morgan fingerprint density at radius 2 is 2.16 bits per heavy atom. The predicted octanol–water partition coefficient (Wildman–Crippen LogP) is 3.58. The highest BCUT2D eigenvalue weighted by Crippen LogP contribution is 2.34. The van der Waals surface area contributed by atoms with Gasteiger partial charge in [0.05, 0.1) is 11.7 Å². The van der Waals surface area contributed by atoms with Crippen molar-refractivity contribution in [1.82, 2.24) is 15.1 Å². The van der Waals surface area contributed by atoms with Crippen LogP contribution in [-0.4, -0.2) is 15.8 Å². The quantitative estimate of drug-likeness (QED) is 0.878. The van der Waals surface area contributed by atoms with E-state index in [-0.39, 0.29) is 0 Å². The molecule has 106 valence electrons. The summed E-state index contributed by atoms with van der Waals surface area (Å²) in [6.07, 6.45) is 11.8. The molecule has 3 heteroatoms. The molecule has 0 saturated heterocycles. The van der Waals surface area contributed by atoms with E-state index in [1.807, 2.05) is 0 Å². The Balaban J connectivity index is 1.64. The molecule has 2 fully saturated rings. The predicted molar refractivity (Wildman–Crippen MR) is 78.1 cm³/mol. The van der Waals surface area contributed by atoms with Gasteiger partial charge < -0.3 is 5.32 Å². The minimum atomic E-state index is 0.645. The van der Waals surface area contributed by atoms with Crippen molar-refractivity contribution >= 4 is 0 Å². The van der Waals surface area contributed by atoms with Gasteiger partial charge in [0.1, 0.15) is 0 Å². The fourth-order valence-electron chi connectivity index (χ4n) is 3.30. The molecule has 0 aliphatic heterocycles. The largest absolute Gasteiger partial charge is 0.310 e. The average molecular weight is 261 g/mol. The van der Waals surface area contributed by atoms with E-state index in [1.165, 1.54) is 56.2 Å². The summed E-state index contributed by atoms with van der Waals surface area (Å²) in [5.41, 5.74) is 2.61. The van der Waals surface area contributed by atoms with Gasteiger partial charge in [-0.15, -0.1) is 0 Å². The van der Waals surface area contributed by atoms with E-state index in [1.54, 1.807) is 0 Å². The van der Waals surface area contributed by atoms with E-state index in [9.17, 15) is 0 Å². The first-order chi connectivity index (χ1) is 9.26. The Hall–Kier alpha value is -0.830. The Bertz CT molecular complexity index is 420. The maximum absolute atomic E-state index is 4.78. The van der Waals surface area contributed by atoms with Crippen LogP contribution in [0.25, 0.3) is 0 Å². The Kier molecular flexibility index (Phi) is 3.92. The normalized spacial score (nSPS) is 27.7. The van der Waals surface area contributed by atoms with Gasteiger partial charge in [-0.2, -0.15) is 5.10 Å². The molecule has 2 atom stereocenters. The van der Waals surface area contributed by atoms with Crippen molar-refractivity contribution in [2.45, 2.75) is 77.4 Å². The summed E-state index contributed by atoms with van der Waals surface area (Å²) in [4.78, 5) is 0. The van der Waals surface area contributed by atoms with Crippen LogP contribution < -0.4 is 5.32 Å². The van der Waals surface area contributed by atoms with Crippen molar-refractivity contribution in [2.24, 2.45) is 5.92 Å². The fourth-order valence-corrected chi connectivity index (χ4v) is 3.30. The second-order valence-corrected chi connectivity index (χ2v) is 6.47. The van der Waals surface area contributed by atoms with Crippen LogP contribution in [0.4, 0.5) is 0 Å². The monoisotopic (exact) mass is 261 g/mol. The van der Waals surface area contributed by atoms with Gasteiger partial charge in [0.15, 0.2) is 0 Å². The third kappa shape index (κ3) is 3.19. The molecular weight excluding hydrogens is 234 g/mol. The second kappa shape index (κ2) is 5.66. The Morgan fingerprint density at radius 3 is 2.89 bits per heavy atom. The summed E-state index contributed by atoms with van der Waals surface area (Å²) < 4.78 is 2.26. The number of nitrogens with one attached hydrogen (secondary N) is 1. The summed E-state index contributed by atoms with van der Waals surface area (Å²) in [7, 11) is 0. The van der Waals surface area contributed by atoms with Gasteiger partial charge >= 0.3 is 0 Å². The molecule has 2 aliphatic carbocycles. The number of rotatable bonds is 5. The van der Waals surface area contributed by atoms with E-state index >= 15 is 0 Å². The first-order valence-electron chi connectivity index (χ1n) is 8.04. The molecule has 2 saturated carbocycles. The smallest absolute Gasteiger partial charge is 0.0638 e. The zero-order chi connectivity index (χ0) is 13.2. The van der Waals surface area contributed by atoms with Gasteiger partial charge in [0.2, 0.25) is 0 Å². The Labute approximate surface area is 116 Å². The summed E-state index contributed by atoms with van der Waals surface area (Å²) in [6.45, 7) is 5.48. The SMILES string of the molecule is CCC1CCCC(n2cc(CNC3CC3)c(C)n2)C1. The average Bonchev–Trinajstić information content (AvgIpc) is 3.19. The van der Waals surface area contributed by atoms with Gasteiger partial charge in [-0.1, -0.05) is 26.2 Å². The van der Waals surface area contributed by atoms with E-state index in [0.717, 1.165) is 18.5 Å². The van der Waals surface area contributed by atoms with E-state index in [2.05, 4.69) is 30.0 Å². The number of hydrogen-bond donors (Lipinski definition) is 1. The third-order valence-corrected chi connectivity index (χ3v) is 4.88. The van der Waals surface area contributed by atoms with Crippen LogP contribution in [0.2, 0.25) is 0 Å². The molecule has 1 N–H and O–H groups in total. The highest BCUT2D eigenvalue weighted by molar-refractivity contribution is 5.16. The van der Waals surface area contributed by atoms with Crippen molar-refractivity contribution in [3.05, 3.63) is 17.5 Å². The number of aryl methyl sites for hydroxylation is 1. The minimum absolute atomic E-state index is 0.645. The zero-order valence-corrected chi connectivity index (χ0v) is 12.4. The molecule has 1 aromatic heterocycles. The molecule has 3 nitrogen and oxygen atoms in total. The molecule has 1 aromatic rings. The first kappa shape index (κ1) is 13.2. The van der Waals surface area contributed by atoms with E-state index in [4.69, 9.17) is 5.10 Å². The summed E-state index contributed by atoms with van der Waals surface area (Å²) in [6, 6.07) is 1.42. The molecule has 2 aliphatic rings. The molecule has 3 rings (SSSR count). The third-order valence-electron chi connectivity index (χ3n) is 4.88. The Morgan fingerprint density at radius 1 is 1.32 bits per heavy atom. The van der Waals surface area contributed by atoms with Crippen molar-refractivity contribution in [2.75, 3.05) is 0 Å². The highest BCUT2D eigenvalue weighted by Gasteiger charge is 2.24. The second-order valence-electron chi connectivity index (χ2n) is 6.47. The highest BCUT2D eigenvalue weighted by atomic mass is 15.3. The summed E-state index contributed by atoms with van der Waals surface area (Å²) in [5.74, 6) is 0.913. The molecule has 0 amide bonds. The van der Waals surface area contributed by atoms with Crippen LogP contribution >= 0.6 is 0 Å². The van der Waals surface area contributed by atoms with Crippen LogP contribution in [0.5, 0.6) is 0 Å². The molecule has 0 spiro atoms. The van der Waals surface area contributed by atoms with Gasteiger partial charge in [-0.3, -0.25) is 4.68 Å². The van der Waals surface area contributed by atoms with Crippen LogP contribution in [0.1, 0.15) is 69.2 Å². The topological polar surface area (TPSA) is 29.9 Å². The standard InChI is InChI=1S/C16H27N3/c1-3-13-5-4-6-16(9-13)19-11-14(12(2)18-19)10-17-15-7-8-15/h11,13,15-17H,3-10H2,1-2H3. The van der Waals surface area contributed by atoms with Crippen molar-refractivity contribution < 1.29 is 0 Å². The van der Waals surface area contributed by atoms with Crippen LogP contribution in [0, 0.1) is 12.8 Å². The van der Waals surface area contributed by atoms with Crippen LogP contribution in [-0.2, 0) is 6.54 Å².